The molecule has 0 heterocycles. The zero-order chi connectivity index (χ0) is 12.8. The van der Waals surface area contributed by atoms with Gasteiger partial charge in [-0.1, -0.05) is 12.1 Å². The molecule has 0 unspecified atom stereocenters. The predicted octanol–water partition coefficient (Wildman–Crippen LogP) is 2.39. The molecule has 94 valence electrons. The van der Waals surface area contributed by atoms with E-state index in [9.17, 15) is 13.6 Å². The molecule has 2 amide bonds. The summed E-state index contributed by atoms with van der Waals surface area (Å²) in [7, 11) is 1.47. The third kappa shape index (κ3) is 3.90. The van der Waals surface area contributed by atoms with E-state index in [1.165, 1.54) is 7.11 Å². The van der Waals surface area contributed by atoms with Gasteiger partial charge >= 0.3 is 6.03 Å². The summed E-state index contributed by atoms with van der Waals surface area (Å²) in [6.45, 7) is 1.10. The highest BCUT2D eigenvalue weighted by Crippen LogP contribution is 2.27. The number of para-hydroxylation sites is 1. The van der Waals surface area contributed by atoms with Crippen LogP contribution in [0.5, 0.6) is 5.75 Å². The van der Waals surface area contributed by atoms with E-state index < -0.39 is 19.0 Å². The van der Waals surface area contributed by atoms with Crippen LogP contribution in [-0.4, -0.2) is 26.1 Å². The Morgan fingerprint density at radius 1 is 1.47 bits per heavy atom. The van der Waals surface area contributed by atoms with Gasteiger partial charge in [0.2, 0.25) is 0 Å². The van der Waals surface area contributed by atoms with Crippen LogP contribution in [0.4, 0.5) is 19.3 Å². The fourth-order valence-corrected chi connectivity index (χ4v) is 1.30. The molecule has 0 radical (unpaired) electrons. The summed E-state index contributed by atoms with van der Waals surface area (Å²) in [6, 6.07) is 4.55. The molecule has 0 aliphatic heterocycles. The van der Waals surface area contributed by atoms with Crippen molar-refractivity contribution < 1.29 is 18.3 Å². The van der Waals surface area contributed by atoms with Crippen LogP contribution in [0.3, 0.4) is 0 Å². The van der Waals surface area contributed by atoms with Gasteiger partial charge in [-0.25, -0.2) is 13.6 Å². The number of rotatable bonds is 4. The molecule has 1 rings (SSSR count). The summed E-state index contributed by atoms with van der Waals surface area (Å²) in [5.41, 5.74) is 1.26. The van der Waals surface area contributed by atoms with Gasteiger partial charge in [-0.15, -0.1) is 0 Å². The Balaban J connectivity index is 2.70. The summed E-state index contributed by atoms with van der Waals surface area (Å²) >= 11 is 0. The van der Waals surface area contributed by atoms with E-state index in [1.807, 2.05) is 0 Å². The smallest absolute Gasteiger partial charge is 0.319 e. The van der Waals surface area contributed by atoms with Crippen molar-refractivity contribution in [3.8, 4) is 5.75 Å². The van der Waals surface area contributed by atoms with Crippen LogP contribution in [0, 0.1) is 6.92 Å². The highest BCUT2D eigenvalue weighted by atomic mass is 19.3. The topological polar surface area (TPSA) is 50.4 Å². The third-order valence-corrected chi connectivity index (χ3v) is 2.11. The molecule has 1 aromatic rings. The molecule has 0 atom stereocenters. The molecular weight excluding hydrogens is 230 g/mol. The van der Waals surface area contributed by atoms with Gasteiger partial charge < -0.3 is 15.4 Å². The van der Waals surface area contributed by atoms with Crippen LogP contribution >= 0.6 is 0 Å². The second-order valence-corrected chi connectivity index (χ2v) is 3.38. The van der Waals surface area contributed by atoms with Crippen LogP contribution in [-0.2, 0) is 0 Å². The first-order valence-electron chi connectivity index (χ1n) is 5.01. The standard InChI is InChI=1S/C11H14F2N2O2/c1-7-4-3-5-8(17-2)10(7)15-11(16)14-6-9(12)13/h3-5,9H,6H2,1-2H3,(H2,14,15,16). The van der Waals surface area contributed by atoms with Gasteiger partial charge in [0.05, 0.1) is 19.3 Å². The molecular formula is C11H14F2N2O2. The normalized spacial score (nSPS) is 10.2. The quantitative estimate of drug-likeness (QED) is 0.854. The monoisotopic (exact) mass is 244 g/mol. The minimum Gasteiger partial charge on any atom is -0.495 e. The molecule has 0 spiro atoms. The molecule has 2 N–H and O–H groups in total. The van der Waals surface area contributed by atoms with E-state index in [4.69, 9.17) is 4.74 Å². The van der Waals surface area contributed by atoms with Crippen molar-refractivity contribution in [1.29, 1.82) is 0 Å². The number of urea groups is 1. The molecule has 0 fully saturated rings. The zero-order valence-electron chi connectivity index (χ0n) is 9.59. The molecule has 6 heteroatoms. The van der Waals surface area contributed by atoms with E-state index in [0.717, 1.165) is 5.56 Å². The van der Waals surface area contributed by atoms with E-state index in [-0.39, 0.29) is 0 Å². The minimum atomic E-state index is -2.57. The van der Waals surface area contributed by atoms with E-state index >= 15 is 0 Å². The lowest BCUT2D eigenvalue weighted by atomic mass is 10.2. The Bertz CT molecular complexity index is 397. The van der Waals surface area contributed by atoms with Crippen LogP contribution in [0.15, 0.2) is 18.2 Å². The SMILES string of the molecule is COc1cccc(C)c1NC(=O)NCC(F)F. The molecule has 17 heavy (non-hydrogen) atoms. The summed E-state index contributed by atoms with van der Waals surface area (Å²) < 4.78 is 28.8. The van der Waals surface area contributed by atoms with Crippen LogP contribution in [0.25, 0.3) is 0 Å². The van der Waals surface area contributed by atoms with Crippen LogP contribution < -0.4 is 15.4 Å². The van der Waals surface area contributed by atoms with Crippen molar-refractivity contribution >= 4 is 11.7 Å². The summed E-state index contributed by atoms with van der Waals surface area (Å²) in [5.74, 6) is 0.484. The third-order valence-electron chi connectivity index (χ3n) is 2.11. The van der Waals surface area contributed by atoms with E-state index in [2.05, 4.69) is 10.6 Å². The average Bonchev–Trinajstić information content (AvgIpc) is 2.29. The Morgan fingerprint density at radius 2 is 2.18 bits per heavy atom. The Labute approximate surface area is 98.0 Å². The van der Waals surface area contributed by atoms with Crippen LogP contribution in [0.2, 0.25) is 0 Å². The largest absolute Gasteiger partial charge is 0.495 e. The number of halogens is 2. The van der Waals surface area contributed by atoms with Gasteiger partial charge in [-0.05, 0) is 18.6 Å². The zero-order valence-corrected chi connectivity index (χ0v) is 9.59. The Hall–Kier alpha value is -1.85. The highest BCUT2D eigenvalue weighted by molar-refractivity contribution is 5.91. The number of anilines is 1. The molecule has 4 nitrogen and oxygen atoms in total. The van der Waals surface area contributed by atoms with E-state index in [0.29, 0.717) is 11.4 Å². The fraction of sp³-hybridized carbons (Fsp3) is 0.364. The number of nitrogens with one attached hydrogen (secondary N) is 2. The lowest BCUT2D eigenvalue weighted by molar-refractivity contribution is 0.148. The van der Waals surface area contributed by atoms with Crippen molar-refractivity contribution in [1.82, 2.24) is 5.32 Å². The maximum atomic E-state index is 11.9. The lowest BCUT2D eigenvalue weighted by Crippen LogP contribution is -2.32. The van der Waals surface area contributed by atoms with Gasteiger partial charge in [0.1, 0.15) is 5.75 Å². The number of carbonyl (C=O) groups excluding carboxylic acids is 1. The average molecular weight is 244 g/mol. The van der Waals surface area contributed by atoms with Crippen molar-refractivity contribution in [2.45, 2.75) is 13.3 Å². The van der Waals surface area contributed by atoms with Crippen molar-refractivity contribution in [2.75, 3.05) is 19.0 Å². The predicted molar refractivity (Wildman–Crippen MR) is 60.8 cm³/mol. The second-order valence-electron chi connectivity index (χ2n) is 3.38. The molecule has 0 aliphatic rings. The van der Waals surface area contributed by atoms with Crippen molar-refractivity contribution in [2.24, 2.45) is 0 Å². The molecule has 1 aromatic carbocycles. The number of alkyl halides is 2. The highest BCUT2D eigenvalue weighted by Gasteiger charge is 2.11. The lowest BCUT2D eigenvalue weighted by Gasteiger charge is -2.13. The molecule has 0 aromatic heterocycles. The van der Waals surface area contributed by atoms with Gasteiger partial charge in [0.15, 0.2) is 0 Å². The summed E-state index contributed by atoms with van der Waals surface area (Å²) in [5, 5.41) is 4.53. The van der Waals surface area contributed by atoms with Gasteiger partial charge in [-0.2, -0.15) is 0 Å². The number of carbonyl (C=O) groups is 1. The Morgan fingerprint density at radius 3 is 2.76 bits per heavy atom. The summed E-state index contributed by atoms with van der Waals surface area (Å²) in [4.78, 5) is 11.3. The first-order chi connectivity index (χ1) is 8.04. The molecule has 0 saturated carbocycles. The first kappa shape index (κ1) is 13.2. The number of hydrogen-bond donors (Lipinski definition) is 2. The number of ether oxygens (including phenoxy) is 1. The fourth-order valence-electron chi connectivity index (χ4n) is 1.30. The molecule has 0 aliphatic carbocycles. The van der Waals surface area contributed by atoms with Crippen molar-refractivity contribution in [3.05, 3.63) is 23.8 Å². The van der Waals surface area contributed by atoms with E-state index in [1.54, 1.807) is 25.1 Å². The van der Waals surface area contributed by atoms with Gasteiger partial charge in [0, 0.05) is 0 Å². The minimum absolute atomic E-state index is 0.474. The molecule has 0 bridgehead atoms. The van der Waals surface area contributed by atoms with Crippen molar-refractivity contribution in [3.63, 3.8) is 0 Å². The first-order valence-corrected chi connectivity index (χ1v) is 5.01. The number of benzene rings is 1. The van der Waals surface area contributed by atoms with Gasteiger partial charge in [0.25, 0.3) is 6.43 Å². The number of amides is 2. The second kappa shape index (κ2) is 6.03. The van der Waals surface area contributed by atoms with Gasteiger partial charge in [-0.3, -0.25) is 0 Å². The number of methoxy groups -OCH3 is 1. The number of hydrogen-bond acceptors (Lipinski definition) is 2. The number of aryl methyl sites for hydroxylation is 1. The summed E-state index contributed by atoms with van der Waals surface area (Å²) in [6.07, 6.45) is -2.57. The Kier molecular flexibility index (Phi) is 4.68. The molecule has 0 saturated heterocycles. The maximum Gasteiger partial charge on any atom is 0.319 e. The van der Waals surface area contributed by atoms with Crippen LogP contribution in [0.1, 0.15) is 5.56 Å². The maximum absolute atomic E-state index is 11.9.